The van der Waals surface area contributed by atoms with Gasteiger partial charge in [-0.25, -0.2) is 4.98 Å². The minimum absolute atomic E-state index is 0.132. The van der Waals surface area contributed by atoms with Gasteiger partial charge in [-0.05, 0) is 42.5 Å². The molecule has 0 amide bonds. The lowest BCUT2D eigenvalue weighted by Gasteiger charge is -2.21. The highest BCUT2D eigenvalue weighted by molar-refractivity contribution is 7.99. The summed E-state index contributed by atoms with van der Waals surface area (Å²) in [6.45, 7) is 3.10. The van der Waals surface area contributed by atoms with Gasteiger partial charge in [-0.2, -0.15) is 0 Å². The van der Waals surface area contributed by atoms with Crippen molar-refractivity contribution in [1.29, 1.82) is 0 Å². The van der Waals surface area contributed by atoms with E-state index in [1.54, 1.807) is 23.1 Å². The molecule has 0 N–H and O–H groups in total. The molecule has 30 heavy (non-hydrogen) atoms. The maximum atomic E-state index is 11.9. The predicted molar refractivity (Wildman–Crippen MR) is 119 cm³/mol. The summed E-state index contributed by atoms with van der Waals surface area (Å²) in [7, 11) is 1.45. The second kappa shape index (κ2) is 9.68. The highest BCUT2D eigenvalue weighted by atomic mass is 32.2. The summed E-state index contributed by atoms with van der Waals surface area (Å²) in [5.41, 5.74) is 2.02. The maximum absolute atomic E-state index is 11.9. The van der Waals surface area contributed by atoms with Crippen LogP contribution in [0.5, 0.6) is 5.75 Å². The first-order chi connectivity index (χ1) is 14.6. The zero-order chi connectivity index (χ0) is 20.9. The molecule has 1 aliphatic rings. The Bertz CT molecular complexity index is 970. The van der Waals surface area contributed by atoms with Crippen LogP contribution in [0, 0.1) is 6.92 Å². The molecule has 158 valence electrons. The lowest BCUT2D eigenvalue weighted by atomic mass is 10.1. The molecule has 1 saturated heterocycles. The predicted octanol–water partition coefficient (Wildman–Crippen LogP) is 4.38. The molecule has 0 saturated carbocycles. The average molecular weight is 445 g/mol. The molecule has 3 heterocycles. The second-order valence-corrected chi connectivity index (χ2v) is 8.98. The van der Waals surface area contributed by atoms with Gasteiger partial charge in [0.15, 0.2) is 0 Å². The van der Waals surface area contributed by atoms with E-state index in [0.717, 1.165) is 46.7 Å². The third kappa shape index (κ3) is 4.88. The molecule has 1 fully saturated rings. The molecule has 8 heteroatoms. The summed E-state index contributed by atoms with van der Waals surface area (Å²) >= 11 is 3.37. The Morgan fingerprint density at radius 2 is 2.13 bits per heavy atom. The van der Waals surface area contributed by atoms with E-state index in [0.29, 0.717) is 12.5 Å². The Kier molecular flexibility index (Phi) is 6.76. The minimum Gasteiger partial charge on any atom is -0.487 e. The van der Waals surface area contributed by atoms with Crippen molar-refractivity contribution in [3.8, 4) is 16.5 Å². The molecule has 3 aromatic rings. The van der Waals surface area contributed by atoms with Crippen LogP contribution in [-0.2, 0) is 22.6 Å². The number of oxazole rings is 1. The molecule has 2 aromatic heterocycles. The molecule has 1 aromatic carbocycles. The Morgan fingerprint density at radius 1 is 1.30 bits per heavy atom. The number of esters is 1. The fraction of sp³-hybridized carbons (Fsp3) is 0.364. The second-order valence-electron chi connectivity index (χ2n) is 7.03. The van der Waals surface area contributed by atoms with Crippen LogP contribution in [0.15, 0.2) is 46.2 Å². The standard InChI is InChI=1S/C22H24N2O4S2/c1-15-18(23-21(28-15)20-4-3-11-30-20)12-27-17-7-5-16(6-8-17)9-10-24-14-29-13-19(24)22(25)26-2/h3-8,11,19H,9-10,12-14H2,1-2H3. The van der Waals surface area contributed by atoms with Crippen LogP contribution in [0.1, 0.15) is 17.0 Å². The normalized spacial score (nSPS) is 16.7. The summed E-state index contributed by atoms with van der Waals surface area (Å²) in [5.74, 6) is 3.73. The van der Waals surface area contributed by atoms with Gasteiger partial charge in [0.2, 0.25) is 5.89 Å². The molecule has 0 aliphatic carbocycles. The maximum Gasteiger partial charge on any atom is 0.323 e. The van der Waals surface area contributed by atoms with Crippen molar-refractivity contribution in [1.82, 2.24) is 9.88 Å². The van der Waals surface area contributed by atoms with E-state index < -0.39 is 0 Å². The lowest BCUT2D eigenvalue weighted by molar-refractivity contribution is -0.145. The van der Waals surface area contributed by atoms with Gasteiger partial charge in [-0.15, -0.1) is 23.1 Å². The number of methoxy groups -OCH3 is 1. The zero-order valence-corrected chi connectivity index (χ0v) is 18.6. The topological polar surface area (TPSA) is 64.8 Å². The van der Waals surface area contributed by atoms with Crippen molar-refractivity contribution >= 4 is 29.1 Å². The van der Waals surface area contributed by atoms with Crippen LogP contribution in [0.3, 0.4) is 0 Å². The number of aryl methyl sites for hydroxylation is 1. The number of rotatable bonds is 8. The van der Waals surface area contributed by atoms with Gasteiger partial charge < -0.3 is 13.9 Å². The van der Waals surface area contributed by atoms with Crippen LogP contribution in [-0.4, -0.2) is 47.2 Å². The first kappa shape index (κ1) is 21.0. The molecule has 1 unspecified atom stereocenters. The number of carbonyl (C=O) groups is 1. The first-order valence-corrected chi connectivity index (χ1v) is 11.8. The number of benzene rings is 1. The van der Waals surface area contributed by atoms with Crippen molar-refractivity contribution in [3.05, 3.63) is 58.8 Å². The number of nitrogens with zero attached hydrogens (tertiary/aromatic N) is 2. The molecule has 1 atom stereocenters. The molecule has 6 nitrogen and oxygen atoms in total. The summed E-state index contributed by atoms with van der Waals surface area (Å²) in [4.78, 5) is 19.6. The van der Waals surface area contributed by atoms with Crippen molar-refractivity contribution in [2.24, 2.45) is 0 Å². The monoisotopic (exact) mass is 444 g/mol. The third-order valence-corrected chi connectivity index (χ3v) is 6.98. The average Bonchev–Trinajstić information content (AvgIpc) is 3.52. The van der Waals surface area contributed by atoms with Crippen molar-refractivity contribution in [2.75, 3.05) is 25.3 Å². The van der Waals surface area contributed by atoms with Crippen LogP contribution in [0.2, 0.25) is 0 Å². The number of thioether (sulfide) groups is 1. The van der Waals surface area contributed by atoms with Crippen LogP contribution in [0.4, 0.5) is 0 Å². The highest BCUT2D eigenvalue weighted by Crippen LogP contribution is 2.27. The van der Waals surface area contributed by atoms with Gasteiger partial charge in [-0.3, -0.25) is 9.69 Å². The van der Waals surface area contributed by atoms with Gasteiger partial charge in [-0.1, -0.05) is 18.2 Å². The fourth-order valence-electron chi connectivity index (χ4n) is 3.29. The molecular formula is C22H24N2O4S2. The Morgan fingerprint density at radius 3 is 2.87 bits per heavy atom. The summed E-state index contributed by atoms with van der Waals surface area (Å²) in [6, 6.07) is 11.9. The summed E-state index contributed by atoms with van der Waals surface area (Å²) in [6.07, 6.45) is 0.876. The summed E-state index contributed by atoms with van der Waals surface area (Å²) in [5, 5.41) is 2.00. The Labute approximate surface area is 184 Å². The number of hydrogen-bond donors (Lipinski definition) is 0. The molecular weight excluding hydrogens is 420 g/mol. The number of aromatic nitrogens is 1. The van der Waals surface area contributed by atoms with Gasteiger partial charge in [0, 0.05) is 18.2 Å². The van der Waals surface area contributed by atoms with E-state index in [1.165, 1.54) is 12.7 Å². The third-order valence-electron chi connectivity index (χ3n) is 5.06. The quantitative estimate of drug-likeness (QED) is 0.478. The fourth-order valence-corrected chi connectivity index (χ4v) is 5.16. The smallest absolute Gasteiger partial charge is 0.323 e. The van der Waals surface area contributed by atoms with Crippen LogP contribution < -0.4 is 4.74 Å². The van der Waals surface area contributed by atoms with E-state index >= 15 is 0 Å². The lowest BCUT2D eigenvalue weighted by Crippen LogP contribution is -2.39. The van der Waals surface area contributed by atoms with E-state index in [-0.39, 0.29) is 12.0 Å². The summed E-state index contributed by atoms with van der Waals surface area (Å²) < 4.78 is 16.6. The van der Waals surface area contributed by atoms with Crippen LogP contribution in [0.25, 0.3) is 10.8 Å². The molecule has 4 rings (SSSR count). The molecule has 0 spiro atoms. The number of hydrogen-bond acceptors (Lipinski definition) is 8. The van der Waals surface area contributed by atoms with E-state index in [4.69, 9.17) is 13.9 Å². The Hall–Kier alpha value is -2.29. The van der Waals surface area contributed by atoms with Crippen molar-refractivity contribution in [2.45, 2.75) is 26.0 Å². The van der Waals surface area contributed by atoms with Gasteiger partial charge >= 0.3 is 5.97 Å². The van der Waals surface area contributed by atoms with E-state index in [1.807, 2.05) is 36.6 Å². The van der Waals surface area contributed by atoms with Crippen LogP contribution >= 0.6 is 23.1 Å². The van der Waals surface area contributed by atoms with Gasteiger partial charge in [0.1, 0.15) is 29.9 Å². The molecule has 1 aliphatic heterocycles. The first-order valence-electron chi connectivity index (χ1n) is 9.75. The van der Waals surface area contributed by atoms with Crippen molar-refractivity contribution < 1.29 is 18.7 Å². The van der Waals surface area contributed by atoms with Crippen molar-refractivity contribution in [3.63, 3.8) is 0 Å². The Balaban J connectivity index is 1.29. The largest absolute Gasteiger partial charge is 0.487 e. The molecule has 0 bridgehead atoms. The highest BCUT2D eigenvalue weighted by Gasteiger charge is 2.31. The van der Waals surface area contributed by atoms with E-state index in [9.17, 15) is 4.79 Å². The number of ether oxygens (including phenoxy) is 2. The minimum atomic E-state index is -0.144. The zero-order valence-electron chi connectivity index (χ0n) is 17.0. The van der Waals surface area contributed by atoms with E-state index in [2.05, 4.69) is 22.0 Å². The number of carbonyl (C=O) groups excluding carboxylic acids is 1. The number of thiophene rings is 1. The SMILES string of the molecule is COC(=O)C1CSCN1CCc1ccc(OCc2nc(-c3cccs3)oc2C)cc1. The molecule has 0 radical (unpaired) electrons. The van der Waals surface area contributed by atoms with Gasteiger partial charge in [0.25, 0.3) is 0 Å². The van der Waals surface area contributed by atoms with Gasteiger partial charge in [0.05, 0.1) is 12.0 Å².